The fraction of sp³-hybridized carbons (Fsp3) is 0.462. The van der Waals surface area contributed by atoms with Gasteiger partial charge in [-0.05, 0) is 23.1 Å². The van der Waals surface area contributed by atoms with Crippen molar-refractivity contribution >= 4 is 6.03 Å². The van der Waals surface area contributed by atoms with Crippen molar-refractivity contribution in [3.8, 4) is 5.75 Å². The molecule has 0 aliphatic heterocycles. The summed E-state index contributed by atoms with van der Waals surface area (Å²) in [5, 5.41) is 2.65. The molecule has 0 heterocycles. The lowest BCUT2D eigenvalue weighted by Crippen LogP contribution is -2.39. The van der Waals surface area contributed by atoms with Crippen molar-refractivity contribution in [2.45, 2.75) is 32.7 Å². The number of carbonyl (C=O) groups is 1. The molecule has 0 radical (unpaired) electrons. The highest BCUT2D eigenvalue weighted by molar-refractivity contribution is 5.73. The van der Waals surface area contributed by atoms with Crippen LogP contribution < -0.4 is 21.3 Å². The van der Waals surface area contributed by atoms with E-state index in [0.29, 0.717) is 6.54 Å². The normalized spacial score (nSPS) is 10.9. The van der Waals surface area contributed by atoms with Gasteiger partial charge < -0.3 is 10.1 Å². The Bertz CT molecular complexity index is 425. The topological polar surface area (TPSA) is 76.4 Å². The maximum Gasteiger partial charge on any atom is 0.329 e. The van der Waals surface area contributed by atoms with Crippen LogP contribution in [0.4, 0.5) is 4.79 Å². The van der Waals surface area contributed by atoms with E-state index in [1.165, 1.54) is 5.56 Å². The SMILES string of the molecule is COc1ccc(C(C)(C)C)cc1CNC(=O)NN. The van der Waals surface area contributed by atoms with Crippen LogP contribution >= 0.6 is 0 Å². The predicted molar refractivity (Wildman–Crippen MR) is 71.3 cm³/mol. The summed E-state index contributed by atoms with van der Waals surface area (Å²) in [6.07, 6.45) is 0. The van der Waals surface area contributed by atoms with Crippen LogP contribution in [0.1, 0.15) is 31.9 Å². The largest absolute Gasteiger partial charge is 0.496 e. The summed E-state index contributed by atoms with van der Waals surface area (Å²) >= 11 is 0. The van der Waals surface area contributed by atoms with Crippen LogP contribution in [0.25, 0.3) is 0 Å². The number of hydrogen-bond acceptors (Lipinski definition) is 3. The van der Waals surface area contributed by atoms with Gasteiger partial charge in [0.1, 0.15) is 5.75 Å². The van der Waals surface area contributed by atoms with Gasteiger partial charge >= 0.3 is 6.03 Å². The van der Waals surface area contributed by atoms with Crippen molar-refractivity contribution in [3.63, 3.8) is 0 Å². The average molecular weight is 251 g/mol. The molecule has 0 unspecified atom stereocenters. The van der Waals surface area contributed by atoms with E-state index < -0.39 is 6.03 Å². The number of rotatable bonds is 3. The van der Waals surface area contributed by atoms with Crippen LogP contribution in [0.5, 0.6) is 5.75 Å². The van der Waals surface area contributed by atoms with Crippen LogP contribution in [0.2, 0.25) is 0 Å². The zero-order valence-electron chi connectivity index (χ0n) is 11.3. The van der Waals surface area contributed by atoms with Gasteiger partial charge in [-0.3, -0.25) is 5.43 Å². The highest BCUT2D eigenvalue weighted by Gasteiger charge is 2.16. The number of ether oxygens (including phenoxy) is 1. The molecular weight excluding hydrogens is 230 g/mol. The van der Waals surface area contributed by atoms with E-state index in [4.69, 9.17) is 10.6 Å². The van der Waals surface area contributed by atoms with Gasteiger partial charge in [-0.1, -0.05) is 26.8 Å². The fourth-order valence-corrected chi connectivity index (χ4v) is 1.61. The lowest BCUT2D eigenvalue weighted by Gasteiger charge is -2.21. The molecule has 0 atom stereocenters. The minimum absolute atomic E-state index is 0.0527. The van der Waals surface area contributed by atoms with Gasteiger partial charge in [0.2, 0.25) is 0 Å². The average Bonchev–Trinajstić information content (AvgIpc) is 2.34. The maximum atomic E-state index is 11.1. The van der Waals surface area contributed by atoms with Gasteiger partial charge in [-0.2, -0.15) is 0 Å². The zero-order valence-corrected chi connectivity index (χ0v) is 11.3. The number of hydrogen-bond donors (Lipinski definition) is 3. The van der Waals surface area contributed by atoms with Gasteiger partial charge in [-0.15, -0.1) is 0 Å². The molecule has 18 heavy (non-hydrogen) atoms. The van der Waals surface area contributed by atoms with Gasteiger partial charge in [0, 0.05) is 12.1 Å². The molecule has 5 nitrogen and oxygen atoms in total. The van der Waals surface area contributed by atoms with E-state index in [1.807, 2.05) is 23.6 Å². The Morgan fingerprint density at radius 3 is 2.56 bits per heavy atom. The molecule has 0 aromatic heterocycles. The first-order valence-corrected chi connectivity index (χ1v) is 5.80. The van der Waals surface area contributed by atoms with Crippen LogP contribution in [-0.4, -0.2) is 13.1 Å². The standard InChI is InChI=1S/C13H21N3O2/c1-13(2,3)10-5-6-11(18-4)9(7-10)8-15-12(17)16-14/h5-7H,8,14H2,1-4H3,(H2,15,16,17). The number of nitrogens with one attached hydrogen (secondary N) is 2. The predicted octanol–water partition coefficient (Wildman–Crippen LogP) is 1.67. The van der Waals surface area contributed by atoms with Crippen LogP contribution in [0.3, 0.4) is 0 Å². The first-order chi connectivity index (χ1) is 8.38. The minimum atomic E-state index is -0.418. The van der Waals surface area contributed by atoms with Crippen molar-refractivity contribution < 1.29 is 9.53 Å². The Hall–Kier alpha value is -1.75. The molecule has 0 aliphatic rings. The van der Waals surface area contributed by atoms with Crippen LogP contribution in [0.15, 0.2) is 18.2 Å². The summed E-state index contributed by atoms with van der Waals surface area (Å²) in [7, 11) is 1.61. The van der Waals surface area contributed by atoms with Crippen molar-refractivity contribution in [1.29, 1.82) is 0 Å². The monoisotopic (exact) mass is 251 g/mol. The lowest BCUT2D eigenvalue weighted by atomic mass is 9.86. The van der Waals surface area contributed by atoms with Crippen molar-refractivity contribution in [1.82, 2.24) is 10.7 Å². The lowest BCUT2D eigenvalue weighted by molar-refractivity contribution is 0.240. The summed E-state index contributed by atoms with van der Waals surface area (Å²) < 4.78 is 5.28. The third-order valence-electron chi connectivity index (χ3n) is 2.72. The van der Waals surface area contributed by atoms with E-state index in [1.54, 1.807) is 7.11 Å². The van der Waals surface area contributed by atoms with Crippen molar-refractivity contribution in [2.75, 3.05) is 7.11 Å². The first-order valence-electron chi connectivity index (χ1n) is 5.80. The quantitative estimate of drug-likeness (QED) is 0.434. The maximum absolute atomic E-state index is 11.1. The molecular formula is C13H21N3O2. The Balaban J connectivity index is 2.96. The molecule has 5 heteroatoms. The number of amides is 2. The molecule has 0 aliphatic carbocycles. The highest BCUT2D eigenvalue weighted by atomic mass is 16.5. The first kappa shape index (κ1) is 14.3. The molecule has 0 saturated heterocycles. The highest BCUT2D eigenvalue weighted by Crippen LogP contribution is 2.27. The molecule has 0 saturated carbocycles. The summed E-state index contributed by atoms with van der Waals surface area (Å²) in [5.74, 6) is 5.76. The number of nitrogens with two attached hydrogens (primary N) is 1. The number of methoxy groups -OCH3 is 1. The second-order valence-electron chi connectivity index (χ2n) is 5.10. The second-order valence-corrected chi connectivity index (χ2v) is 5.10. The van der Waals surface area contributed by atoms with Crippen molar-refractivity contribution in [3.05, 3.63) is 29.3 Å². The molecule has 100 valence electrons. The number of benzene rings is 1. The third kappa shape index (κ3) is 3.63. The molecule has 1 aromatic rings. The van der Waals surface area contributed by atoms with Gasteiger partial charge in [0.15, 0.2) is 0 Å². The Morgan fingerprint density at radius 1 is 1.39 bits per heavy atom. The second kappa shape index (κ2) is 5.73. The van der Waals surface area contributed by atoms with Crippen molar-refractivity contribution in [2.24, 2.45) is 5.84 Å². The fourth-order valence-electron chi connectivity index (χ4n) is 1.61. The van der Waals surface area contributed by atoms with E-state index >= 15 is 0 Å². The summed E-state index contributed by atoms with van der Waals surface area (Å²) in [5.41, 5.74) is 4.19. The number of urea groups is 1. The van der Waals surface area contributed by atoms with E-state index in [2.05, 4.69) is 26.1 Å². The Morgan fingerprint density at radius 2 is 2.06 bits per heavy atom. The smallest absolute Gasteiger partial charge is 0.329 e. The number of carbonyl (C=O) groups excluding carboxylic acids is 1. The van der Waals surface area contributed by atoms with E-state index in [-0.39, 0.29) is 5.41 Å². The third-order valence-corrected chi connectivity index (χ3v) is 2.72. The summed E-state index contributed by atoms with van der Waals surface area (Å²) in [4.78, 5) is 11.1. The van der Waals surface area contributed by atoms with Crippen LogP contribution in [-0.2, 0) is 12.0 Å². The molecule has 0 fully saturated rings. The summed E-state index contributed by atoms with van der Waals surface area (Å²) in [6, 6.07) is 5.57. The Kier molecular flexibility index (Phi) is 4.55. The molecule has 1 rings (SSSR count). The van der Waals surface area contributed by atoms with E-state index in [9.17, 15) is 4.79 Å². The summed E-state index contributed by atoms with van der Waals surface area (Å²) in [6.45, 7) is 6.78. The number of hydrazine groups is 1. The van der Waals surface area contributed by atoms with Crippen LogP contribution in [0, 0.1) is 0 Å². The molecule has 4 N–H and O–H groups in total. The molecule has 0 bridgehead atoms. The molecule has 2 amide bonds. The zero-order chi connectivity index (χ0) is 13.8. The molecule has 0 spiro atoms. The van der Waals surface area contributed by atoms with Gasteiger partial charge in [0.05, 0.1) is 7.11 Å². The minimum Gasteiger partial charge on any atom is -0.496 e. The van der Waals surface area contributed by atoms with Gasteiger partial charge in [-0.25, -0.2) is 10.6 Å². The molecule has 1 aromatic carbocycles. The van der Waals surface area contributed by atoms with E-state index in [0.717, 1.165) is 11.3 Å². The Labute approximate surface area is 108 Å². The van der Waals surface area contributed by atoms with Gasteiger partial charge in [0.25, 0.3) is 0 Å².